The Morgan fingerprint density at radius 2 is 1.72 bits per heavy atom. The molecule has 0 aliphatic carbocycles. The molecule has 0 unspecified atom stereocenters. The lowest BCUT2D eigenvalue weighted by molar-refractivity contribution is -0.116. The van der Waals surface area contributed by atoms with Crippen molar-refractivity contribution in [3.05, 3.63) is 93.7 Å². The molecule has 0 bridgehead atoms. The second-order valence-electron chi connectivity index (χ2n) is 6.63. The Kier molecular flexibility index (Phi) is 6.77. The Morgan fingerprint density at radius 3 is 2.45 bits per heavy atom. The molecule has 0 fully saturated rings. The Balaban J connectivity index is 1.63. The zero-order valence-corrected chi connectivity index (χ0v) is 17.4. The number of rotatable bonds is 6. The molecule has 2 amide bonds. The Hall–Kier alpha value is -2.99. The first-order valence-corrected chi connectivity index (χ1v) is 9.92. The normalized spacial score (nSPS) is 10.4. The number of carbonyl (C=O) groups excluding carboxylic acids is 2. The van der Waals surface area contributed by atoms with Gasteiger partial charge in [0.05, 0.1) is 0 Å². The number of amides is 2. The van der Waals surface area contributed by atoms with Crippen LogP contribution in [0, 0.1) is 12.7 Å². The highest BCUT2D eigenvalue weighted by molar-refractivity contribution is 9.10. The lowest BCUT2D eigenvalue weighted by atomic mass is 10.1. The van der Waals surface area contributed by atoms with Gasteiger partial charge >= 0.3 is 0 Å². The van der Waals surface area contributed by atoms with Gasteiger partial charge in [-0.25, -0.2) is 4.39 Å². The third-order valence-electron chi connectivity index (χ3n) is 4.44. The van der Waals surface area contributed by atoms with Crippen molar-refractivity contribution in [1.82, 2.24) is 0 Å². The molecule has 4 nitrogen and oxygen atoms in total. The molecule has 6 heteroatoms. The van der Waals surface area contributed by atoms with Gasteiger partial charge in [-0.2, -0.15) is 0 Å². The first-order valence-electron chi connectivity index (χ1n) is 9.13. The van der Waals surface area contributed by atoms with Crippen molar-refractivity contribution in [2.45, 2.75) is 19.8 Å². The molecule has 3 aromatic carbocycles. The third-order valence-corrected chi connectivity index (χ3v) is 4.94. The highest BCUT2D eigenvalue weighted by Crippen LogP contribution is 2.22. The fourth-order valence-electron chi connectivity index (χ4n) is 2.81. The second kappa shape index (κ2) is 9.47. The minimum absolute atomic E-state index is 0.151. The van der Waals surface area contributed by atoms with Crippen LogP contribution in [0.2, 0.25) is 0 Å². The molecule has 0 aromatic heterocycles. The maximum Gasteiger partial charge on any atom is 0.255 e. The predicted octanol–water partition coefficient (Wildman–Crippen LogP) is 5.72. The summed E-state index contributed by atoms with van der Waals surface area (Å²) in [5.74, 6) is -0.784. The second-order valence-corrected chi connectivity index (χ2v) is 7.55. The summed E-state index contributed by atoms with van der Waals surface area (Å²) in [6.07, 6.45) is 0.451. The average molecular weight is 455 g/mol. The summed E-state index contributed by atoms with van der Waals surface area (Å²) in [7, 11) is 0. The van der Waals surface area contributed by atoms with E-state index in [0.29, 0.717) is 33.4 Å². The van der Waals surface area contributed by atoms with Gasteiger partial charge in [-0.05, 0) is 60.9 Å². The molecular weight excluding hydrogens is 435 g/mol. The maximum atomic E-state index is 13.9. The summed E-state index contributed by atoms with van der Waals surface area (Å²) in [5.41, 5.74) is 3.10. The van der Waals surface area contributed by atoms with E-state index in [9.17, 15) is 14.0 Å². The van der Waals surface area contributed by atoms with Gasteiger partial charge in [0, 0.05) is 27.8 Å². The molecule has 3 aromatic rings. The van der Waals surface area contributed by atoms with Gasteiger partial charge in [-0.3, -0.25) is 9.59 Å². The topological polar surface area (TPSA) is 58.2 Å². The van der Waals surface area contributed by atoms with Crippen molar-refractivity contribution in [1.29, 1.82) is 0 Å². The van der Waals surface area contributed by atoms with Gasteiger partial charge in [0.1, 0.15) is 5.82 Å². The number of benzene rings is 3. The molecule has 0 atom stereocenters. The smallest absolute Gasteiger partial charge is 0.255 e. The maximum absolute atomic E-state index is 13.9. The van der Waals surface area contributed by atoms with E-state index in [1.807, 2.05) is 19.1 Å². The molecular formula is C23H20BrFN2O2. The Morgan fingerprint density at radius 1 is 0.966 bits per heavy atom. The van der Waals surface area contributed by atoms with E-state index >= 15 is 0 Å². The summed E-state index contributed by atoms with van der Waals surface area (Å²) >= 11 is 3.22. The molecule has 0 aliphatic rings. The highest BCUT2D eigenvalue weighted by Gasteiger charge is 2.10. The quantitative estimate of drug-likeness (QED) is 0.500. The number of hydrogen-bond acceptors (Lipinski definition) is 2. The van der Waals surface area contributed by atoms with Crippen molar-refractivity contribution < 1.29 is 14.0 Å². The molecule has 29 heavy (non-hydrogen) atoms. The van der Waals surface area contributed by atoms with Crippen LogP contribution in [0.5, 0.6) is 0 Å². The largest absolute Gasteiger partial charge is 0.326 e. The van der Waals surface area contributed by atoms with Crippen molar-refractivity contribution in [2.24, 2.45) is 0 Å². The zero-order chi connectivity index (χ0) is 20.8. The van der Waals surface area contributed by atoms with Crippen LogP contribution in [0.4, 0.5) is 15.8 Å². The summed E-state index contributed by atoms with van der Waals surface area (Å²) in [4.78, 5) is 24.7. The van der Waals surface area contributed by atoms with Crippen molar-refractivity contribution >= 4 is 39.1 Å². The molecule has 3 rings (SSSR count). The standard InChI is InChI=1S/C23H20BrFN2O2/c1-15-7-11-19(26-23(29)17-5-3-2-4-6-17)14-21(15)27-22(28)12-9-16-8-10-18(24)13-20(16)25/h2-8,10-11,13-14H,9,12H2,1H3,(H,26,29)(H,27,28). The number of aryl methyl sites for hydroxylation is 2. The van der Waals surface area contributed by atoms with Crippen molar-refractivity contribution in [3.63, 3.8) is 0 Å². The predicted molar refractivity (Wildman–Crippen MR) is 117 cm³/mol. The summed E-state index contributed by atoms with van der Waals surface area (Å²) in [5, 5.41) is 5.67. The molecule has 0 heterocycles. The van der Waals surface area contributed by atoms with Gasteiger partial charge in [0.2, 0.25) is 5.91 Å². The van der Waals surface area contributed by atoms with Crippen LogP contribution in [0.1, 0.15) is 27.9 Å². The minimum atomic E-state index is -0.339. The van der Waals surface area contributed by atoms with Crippen LogP contribution < -0.4 is 10.6 Å². The summed E-state index contributed by atoms with van der Waals surface area (Å²) < 4.78 is 14.6. The molecule has 148 valence electrons. The van der Waals surface area contributed by atoms with Crippen molar-refractivity contribution in [2.75, 3.05) is 10.6 Å². The lowest BCUT2D eigenvalue weighted by Crippen LogP contribution is -2.15. The Bertz CT molecular complexity index is 1040. The van der Waals surface area contributed by atoms with E-state index < -0.39 is 0 Å². The van der Waals surface area contributed by atoms with Gasteiger partial charge < -0.3 is 10.6 Å². The number of nitrogens with one attached hydrogen (secondary N) is 2. The number of halogens is 2. The van der Waals surface area contributed by atoms with E-state index in [1.54, 1.807) is 48.5 Å². The SMILES string of the molecule is Cc1ccc(NC(=O)c2ccccc2)cc1NC(=O)CCc1ccc(Br)cc1F. The van der Waals surface area contributed by atoms with Crippen molar-refractivity contribution in [3.8, 4) is 0 Å². The third kappa shape index (κ3) is 5.74. The number of hydrogen-bond donors (Lipinski definition) is 2. The van der Waals surface area contributed by atoms with E-state index in [1.165, 1.54) is 6.07 Å². The molecule has 0 saturated heterocycles. The van der Waals surface area contributed by atoms with E-state index in [-0.39, 0.29) is 24.1 Å². The summed E-state index contributed by atoms with van der Waals surface area (Å²) in [6.45, 7) is 1.87. The first kappa shape index (κ1) is 20.7. The fraction of sp³-hybridized carbons (Fsp3) is 0.130. The lowest BCUT2D eigenvalue weighted by Gasteiger charge is -2.12. The van der Waals surface area contributed by atoms with Crippen LogP contribution in [0.25, 0.3) is 0 Å². The fourth-order valence-corrected chi connectivity index (χ4v) is 3.15. The van der Waals surface area contributed by atoms with E-state index in [4.69, 9.17) is 0 Å². The summed E-state index contributed by atoms with van der Waals surface area (Å²) in [6, 6.07) is 19.0. The zero-order valence-electron chi connectivity index (χ0n) is 15.8. The first-order chi connectivity index (χ1) is 13.9. The van der Waals surface area contributed by atoms with Crippen LogP contribution in [0.3, 0.4) is 0 Å². The van der Waals surface area contributed by atoms with Gasteiger partial charge in [-0.1, -0.05) is 46.3 Å². The Labute approximate surface area is 177 Å². The van der Waals surface area contributed by atoms with Crippen LogP contribution in [-0.4, -0.2) is 11.8 Å². The highest BCUT2D eigenvalue weighted by atomic mass is 79.9. The number of carbonyl (C=O) groups is 2. The van der Waals surface area contributed by atoms with E-state index in [2.05, 4.69) is 26.6 Å². The molecule has 0 radical (unpaired) electrons. The average Bonchev–Trinajstić information content (AvgIpc) is 2.70. The molecule has 2 N–H and O–H groups in total. The van der Waals surface area contributed by atoms with Gasteiger partial charge in [0.25, 0.3) is 5.91 Å². The van der Waals surface area contributed by atoms with Crippen LogP contribution in [-0.2, 0) is 11.2 Å². The van der Waals surface area contributed by atoms with Crippen LogP contribution in [0.15, 0.2) is 71.2 Å². The number of anilines is 2. The molecule has 0 saturated carbocycles. The minimum Gasteiger partial charge on any atom is -0.326 e. The van der Waals surface area contributed by atoms with Crippen LogP contribution >= 0.6 is 15.9 Å². The van der Waals surface area contributed by atoms with Gasteiger partial charge in [0.15, 0.2) is 0 Å². The molecule has 0 aliphatic heterocycles. The van der Waals surface area contributed by atoms with Gasteiger partial charge in [-0.15, -0.1) is 0 Å². The molecule has 0 spiro atoms. The monoisotopic (exact) mass is 454 g/mol. The van der Waals surface area contributed by atoms with E-state index in [0.717, 1.165) is 5.56 Å².